The van der Waals surface area contributed by atoms with Crippen molar-refractivity contribution in [3.63, 3.8) is 0 Å². The Balaban J connectivity index is 0.000000243. The van der Waals surface area contributed by atoms with Gasteiger partial charge in [0, 0.05) is 25.5 Å². The number of nitrogens with one attached hydrogen (secondary N) is 2. The van der Waals surface area contributed by atoms with Crippen LogP contribution in [0.4, 0.5) is 11.4 Å². The highest BCUT2D eigenvalue weighted by Gasteiger charge is 2.05. The van der Waals surface area contributed by atoms with Crippen LogP contribution in [0.15, 0.2) is 48.5 Å². The van der Waals surface area contributed by atoms with E-state index in [0.717, 1.165) is 11.4 Å². The Morgan fingerprint density at radius 1 is 0.958 bits per heavy atom. The van der Waals surface area contributed by atoms with E-state index >= 15 is 0 Å². The van der Waals surface area contributed by atoms with Crippen molar-refractivity contribution in [1.82, 2.24) is 0 Å². The third kappa shape index (κ3) is 6.00. The number of aromatic carboxylic acids is 1. The Labute approximate surface area is 141 Å². The summed E-state index contributed by atoms with van der Waals surface area (Å²) in [5.41, 5.74) is 2.60. The minimum Gasteiger partial charge on any atom is -0.478 e. The second kappa shape index (κ2) is 9.89. The van der Waals surface area contributed by atoms with Crippen molar-refractivity contribution in [3.05, 3.63) is 59.7 Å². The number of carbonyl (C=O) groups excluding carboxylic acids is 1. The van der Waals surface area contributed by atoms with Gasteiger partial charge in [0.1, 0.15) is 0 Å². The molecule has 2 aromatic rings. The van der Waals surface area contributed by atoms with Gasteiger partial charge < -0.3 is 20.5 Å². The van der Waals surface area contributed by atoms with Crippen LogP contribution in [0.2, 0.25) is 0 Å². The molecule has 0 bridgehead atoms. The van der Waals surface area contributed by atoms with E-state index in [-0.39, 0.29) is 5.97 Å². The molecule has 0 aromatic heterocycles. The van der Waals surface area contributed by atoms with Crippen molar-refractivity contribution in [2.75, 3.05) is 31.3 Å². The average molecular weight is 330 g/mol. The Hall–Kier alpha value is -3.02. The van der Waals surface area contributed by atoms with Gasteiger partial charge in [-0.15, -0.1) is 0 Å². The van der Waals surface area contributed by atoms with E-state index in [2.05, 4.69) is 10.6 Å². The number of carboxylic acid groups (broad SMARTS) is 1. The average Bonchev–Trinajstić information content (AvgIpc) is 2.62. The van der Waals surface area contributed by atoms with Gasteiger partial charge in [0.05, 0.1) is 17.7 Å². The van der Waals surface area contributed by atoms with Crippen LogP contribution in [0.25, 0.3) is 0 Å². The first-order chi connectivity index (χ1) is 11.5. The first-order valence-corrected chi connectivity index (χ1v) is 7.47. The molecule has 0 saturated carbocycles. The predicted molar refractivity (Wildman–Crippen MR) is 94.9 cm³/mol. The Morgan fingerprint density at radius 3 is 1.92 bits per heavy atom. The van der Waals surface area contributed by atoms with Gasteiger partial charge in [0.2, 0.25) is 0 Å². The molecule has 2 aromatic carbocycles. The summed E-state index contributed by atoms with van der Waals surface area (Å²) in [4.78, 5) is 21.7. The fourth-order valence-electron chi connectivity index (χ4n) is 1.82. The molecule has 0 radical (unpaired) electrons. The molecule has 0 fully saturated rings. The number of hydrogen-bond acceptors (Lipinski definition) is 5. The fraction of sp³-hybridized carbons (Fsp3) is 0.222. The van der Waals surface area contributed by atoms with Crippen LogP contribution < -0.4 is 10.6 Å². The molecule has 0 amide bonds. The second-order valence-corrected chi connectivity index (χ2v) is 4.69. The number of ether oxygens (including phenoxy) is 1. The van der Waals surface area contributed by atoms with Gasteiger partial charge in [-0.25, -0.2) is 9.59 Å². The standard InChI is InChI=1S/C10H13NO2.C8H9NO2/c1-3-13-10(12)8-5-4-6-9(7-8)11-2;1-9-7-4-2-3-6(5-7)8(10)11/h4-7,11H,3H2,1-2H3;2-5,9H,1H3,(H,10,11). The normalized spacial score (nSPS) is 9.29. The Kier molecular flexibility index (Phi) is 7.84. The minimum atomic E-state index is -0.901. The Morgan fingerprint density at radius 2 is 1.46 bits per heavy atom. The number of carboxylic acids is 1. The van der Waals surface area contributed by atoms with Gasteiger partial charge in [-0.3, -0.25) is 0 Å². The van der Waals surface area contributed by atoms with Gasteiger partial charge in [0.25, 0.3) is 0 Å². The van der Waals surface area contributed by atoms with E-state index in [1.165, 1.54) is 0 Å². The predicted octanol–water partition coefficient (Wildman–Crippen LogP) is 3.33. The molecular formula is C18H22N2O4. The molecule has 0 heterocycles. The highest BCUT2D eigenvalue weighted by molar-refractivity contribution is 5.90. The zero-order valence-electron chi connectivity index (χ0n) is 14.0. The van der Waals surface area contributed by atoms with E-state index in [4.69, 9.17) is 9.84 Å². The van der Waals surface area contributed by atoms with Gasteiger partial charge in [-0.1, -0.05) is 12.1 Å². The summed E-state index contributed by atoms with van der Waals surface area (Å²) in [7, 11) is 3.56. The van der Waals surface area contributed by atoms with E-state index in [1.54, 1.807) is 44.3 Å². The lowest BCUT2D eigenvalue weighted by molar-refractivity contribution is 0.0526. The molecule has 0 aliphatic carbocycles. The molecule has 3 N–H and O–H groups in total. The SMILES string of the molecule is CCOC(=O)c1cccc(NC)c1.CNc1cccc(C(=O)O)c1. The molecule has 0 aliphatic rings. The molecule has 0 atom stereocenters. The lowest BCUT2D eigenvalue weighted by Gasteiger charge is -2.03. The molecule has 0 spiro atoms. The van der Waals surface area contributed by atoms with Gasteiger partial charge in [-0.05, 0) is 43.3 Å². The number of anilines is 2. The van der Waals surface area contributed by atoms with Crippen LogP contribution in [0, 0.1) is 0 Å². The van der Waals surface area contributed by atoms with Gasteiger partial charge in [0.15, 0.2) is 0 Å². The summed E-state index contributed by atoms with van der Waals surface area (Å²) in [5.74, 6) is -1.18. The molecule has 0 saturated heterocycles. The van der Waals surface area contributed by atoms with Gasteiger partial charge in [-0.2, -0.15) is 0 Å². The summed E-state index contributed by atoms with van der Waals surface area (Å²) >= 11 is 0. The zero-order chi connectivity index (χ0) is 17.9. The first kappa shape index (κ1) is 19.0. The van der Waals surface area contributed by atoms with Crippen molar-refractivity contribution in [2.24, 2.45) is 0 Å². The third-order valence-corrected chi connectivity index (χ3v) is 3.06. The monoisotopic (exact) mass is 330 g/mol. The smallest absolute Gasteiger partial charge is 0.338 e. The van der Waals surface area contributed by atoms with Crippen molar-refractivity contribution in [1.29, 1.82) is 0 Å². The van der Waals surface area contributed by atoms with E-state index < -0.39 is 5.97 Å². The quantitative estimate of drug-likeness (QED) is 0.729. The lowest BCUT2D eigenvalue weighted by atomic mass is 10.2. The number of esters is 1. The van der Waals surface area contributed by atoms with Crippen LogP contribution in [0.3, 0.4) is 0 Å². The highest BCUT2D eigenvalue weighted by atomic mass is 16.5. The molecule has 6 nitrogen and oxygen atoms in total. The number of benzene rings is 2. The summed E-state index contributed by atoms with van der Waals surface area (Å²) in [6.45, 7) is 2.20. The third-order valence-electron chi connectivity index (χ3n) is 3.06. The first-order valence-electron chi connectivity index (χ1n) is 7.47. The van der Waals surface area contributed by atoms with E-state index in [9.17, 15) is 9.59 Å². The van der Waals surface area contributed by atoms with E-state index in [1.807, 2.05) is 25.2 Å². The zero-order valence-corrected chi connectivity index (χ0v) is 14.0. The molecular weight excluding hydrogens is 308 g/mol. The van der Waals surface area contributed by atoms with Crippen LogP contribution in [0.5, 0.6) is 0 Å². The summed E-state index contributed by atoms with van der Waals surface area (Å²) < 4.78 is 4.86. The maximum Gasteiger partial charge on any atom is 0.338 e. The van der Waals surface area contributed by atoms with Crippen LogP contribution in [-0.2, 0) is 4.74 Å². The summed E-state index contributed by atoms with van der Waals surface area (Å²) in [5, 5.41) is 14.4. The van der Waals surface area contributed by atoms with Crippen LogP contribution in [0.1, 0.15) is 27.6 Å². The minimum absolute atomic E-state index is 0.278. The van der Waals surface area contributed by atoms with Crippen molar-refractivity contribution in [2.45, 2.75) is 6.92 Å². The van der Waals surface area contributed by atoms with Crippen molar-refractivity contribution < 1.29 is 19.4 Å². The number of hydrogen-bond donors (Lipinski definition) is 3. The topological polar surface area (TPSA) is 87.7 Å². The summed E-state index contributed by atoms with van der Waals surface area (Å²) in [6.07, 6.45) is 0. The van der Waals surface area contributed by atoms with Crippen molar-refractivity contribution >= 4 is 23.3 Å². The van der Waals surface area contributed by atoms with Crippen molar-refractivity contribution in [3.8, 4) is 0 Å². The fourth-order valence-corrected chi connectivity index (χ4v) is 1.82. The molecule has 0 aliphatic heterocycles. The number of carbonyl (C=O) groups is 2. The van der Waals surface area contributed by atoms with Crippen LogP contribution in [-0.4, -0.2) is 37.7 Å². The maximum absolute atomic E-state index is 11.3. The molecule has 24 heavy (non-hydrogen) atoms. The lowest BCUT2D eigenvalue weighted by Crippen LogP contribution is -2.04. The van der Waals surface area contributed by atoms with Crippen LogP contribution >= 0.6 is 0 Å². The molecule has 2 rings (SSSR count). The van der Waals surface area contributed by atoms with Gasteiger partial charge >= 0.3 is 11.9 Å². The molecule has 128 valence electrons. The largest absolute Gasteiger partial charge is 0.478 e. The molecule has 6 heteroatoms. The molecule has 0 unspecified atom stereocenters. The number of rotatable bonds is 5. The highest BCUT2D eigenvalue weighted by Crippen LogP contribution is 2.10. The second-order valence-electron chi connectivity index (χ2n) is 4.69. The Bertz CT molecular complexity index is 686. The maximum atomic E-state index is 11.3. The van der Waals surface area contributed by atoms with E-state index in [0.29, 0.717) is 17.7 Å². The summed E-state index contributed by atoms with van der Waals surface area (Å²) in [6, 6.07) is 13.9.